The monoisotopic (exact) mass is 618 g/mol. The van der Waals surface area contributed by atoms with Gasteiger partial charge in [0.2, 0.25) is 0 Å². The number of carbonyl (C=O) groups excluding carboxylic acids is 4. The fourth-order valence-corrected chi connectivity index (χ4v) is 6.39. The standard InChI is InChI=1S/C32H26O13/c1-9-5-11-17(26(37)16-12(25(11)36)6-10(44-3)7-13(16)33)20(24(9)35)19-15(45-4)8-14(34)18-21(19)28(39)23-22(27(18)38)29(40)31(42)32(2,43)30(23)41/h5-8,29-31,33-35,40-43H,1-4H3/t29-,30-,31+,32-/m0/s1. The van der Waals surface area contributed by atoms with E-state index in [4.69, 9.17) is 9.47 Å². The molecule has 0 aliphatic heterocycles. The van der Waals surface area contributed by atoms with Crippen molar-refractivity contribution in [2.75, 3.05) is 14.2 Å². The van der Waals surface area contributed by atoms with Crippen LogP contribution in [0.1, 0.15) is 65.0 Å². The van der Waals surface area contributed by atoms with E-state index in [1.807, 2.05) is 0 Å². The number of rotatable bonds is 3. The molecule has 232 valence electrons. The summed E-state index contributed by atoms with van der Waals surface area (Å²) in [5.74, 6) is -6.40. The van der Waals surface area contributed by atoms with Crippen LogP contribution >= 0.6 is 0 Å². The van der Waals surface area contributed by atoms with Crippen LogP contribution in [0.4, 0.5) is 0 Å². The van der Waals surface area contributed by atoms with Crippen molar-refractivity contribution in [2.24, 2.45) is 0 Å². The Bertz CT molecular complexity index is 1970. The molecule has 0 heterocycles. The molecule has 0 spiro atoms. The van der Waals surface area contributed by atoms with E-state index in [0.717, 1.165) is 26.2 Å². The number of methoxy groups -OCH3 is 2. The number of carbonyl (C=O) groups is 4. The normalized spacial score (nSPS) is 23.8. The lowest BCUT2D eigenvalue weighted by atomic mass is 9.67. The second-order valence-corrected chi connectivity index (χ2v) is 11.3. The molecule has 0 amide bonds. The SMILES string of the molecule is COc1cc(O)c2c(c1)C(=O)c1cc(C)c(O)c(-c3c(OC)cc(O)c4c3C(=O)C3=C(C4=O)[C@H](O)[C@@H](O)[C@@](C)(O)[C@H]3O)c1C2=O. The zero-order valence-electron chi connectivity index (χ0n) is 24.1. The van der Waals surface area contributed by atoms with Gasteiger partial charge in [0.25, 0.3) is 0 Å². The van der Waals surface area contributed by atoms with E-state index >= 15 is 0 Å². The Morgan fingerprint density at radius 1 is 0.667 bits per heavy atom. The number of aliphatic hydroxyl groups excluding tert-OH is 3. The quantitative estimate of drug-likeness (QED) is 0.171. The van der Waals surface area contributed by atoms with Crippen molar-refractivity contribution in [1.29, 1.82) is 0 Å². The van der Waals surface area contributed by atoms with Crippen LogP contribution in [0.5, 0.6) is 28.7 Å². The Morgan fingerprint density at radius 3 is 1.89 bits per heavy atom. The predicted molar refractivity (Wildman–Crippen MR) is 152 cm³/mol. The second kappa shape index (κ2) is 9.71. The van der Waals surface area contributed by atoms with Crippen LogP contribution in [0.3, 0.4) is 0 Å². The molecular weight excluding hydrogens is 592 g/mol. The average Bonchev–Trinajstić information content (AvgIpc) is 2.99. The highest BCUT2D eigenvalue weighted by Gasteiger charge is 2.56. The van der Waals surface area contributed by atoms with Crippen LogP contribution in [-0.2, 0) is 0 Å². The van der Waals surface area contributed by atoms with Gasteiger partial charge in [-0.25, -0.2) is 0 Å². The summed E-state index contributed by atoms with van der Waals surface area (Å²) in [6, 6.07) is 4.52. The molecule has 3 aromatic rings. The number of benzene rings is 3. The highest BCUT2D eigenvalue weighted by Crippen LogP contribution is 2.53. The lowest BCUT2D eigenvalue weighted by molar-refractivity contribution is -0.158. The van der Waals surface area contributed by atoms with Gasteiger partial charge in [0.1, 0.15) is 52.7 Å². The van der Waals surface area contributed by atoms with E-state index in [-0.39, 0.29) is 28.2 Å². The van der Waals surface area contributed by atoms with Crippen molar-refractivity contribution in [3.63, 3.8) is 0 Å². The van der Waals surface area contributed by atoms with Gasteiger partial charge in [-0.3, -0.25) is 19.2 Å². The smallest absolute Gasteiger partial charge is 0.199 e. The summed E-state index contributed by atoms with van der Waals surface area (Å²) in [5, 5.41) is 76.2. The van der Waals surface area contributed by atoms with Gasteiger partial charge in [-0.05, 0) is 31.5 Å². The number of aliphatic hydroxyl groups is 4. The van der Waals surface area contributed by atoms with Crippen LogP contribution in [0, 0.1) is 6.92 Å². The fraction of sp³-hybridized carbons (Fsp3) is 0.250. The van der Waals surface area contributed by atoms with Gasteiger partial charge in [0.05, 0.1) is 25.3 Å². The Kier molecular flexibility index (Phi) is 6.47. The molecule has 0 unspecified atom stereocenters. The molecule has 0 radical (unpaired) electrons. The number of phenols is 3. The maximum absolute atomic E-state index is 14.3. The summed E-state index contributed by atoms with van der Waals surface area (Å²) in [4.78, 5) is 56.0. The number of aryl methyl sites for hydroxylation is 1. The summed E-state index contributed by atoms with van der Waals surface area (Å²) >= 11 is 0. The van der Waals surface area contributed by atoms with E-state index in [9.17, 15) is 54.9 Å². The molecule has 0 saturated carbocycles. The molecule has 13 heteroatoms. The topological polar surface area (TPSA) is 228 Å². The number of hydrogen-bond donors (Lipinski definition) is 7. The molecule has 3 aliphatic carbocycles. The first kappa shape index (κ1) is 30.0. The summed E-state index contributed by atoms with van der Waals surface area (Å²) in [6.07, 6.45) is -6.46. The molecule has 0 bridgehead atoms. The van der Waals surface area contributed by atoms with Crippen molar-refractivity contribution in [2.45, 2.75) is 37.8 Å². The summed E-state index contributed by atoms with van der Waals surface area (Å²) in [6.45, 7) is 2.35. The third-order valence-electron chi connectivity index (χ3n) is 8.76. The van der Waals surface area contributed by atoms with Crippen molar-refractivity contribution < 1.29 is 64.4 Å². The van der Waals surface area contributed by atoms with Crippen LogP contribution in [0.25, 0.3) is 11.1 Å². The molecular formula is C32H26O13. The average molecular weight is 619 g/mol. The lowest BCUT2D eigenvalue weighted by Crippen LogP contribution is -2.61. The predicted octanol–water partition coefficient (Wildman–Crippen LogP) is 1.09. The van der Waals surface area contributed by atoms with E-state index < -0.39 is 109 Å². The minimum atomic E-state index is -2.51. The van der Waals surface area contributed by atoms with Crippen molar-refractivity contribution in [3.8, 4) is 39.9 Å². The zero-order valence-corrected chi connectivity index (χ0v) is 24.1. The zero-order chi connectivity index (χ0) is 33.0. The molecule has 45 heavy (non-hydrogen) atoms. The largest absolute Gasteiger partial charge is 0.507 e. The van der Waals surface area contributed by atoms with Gasteiger partial charge >= 0.3 is 0 Å². The molecule has 0 fully saturated rings. The van der Waals surface area contributed by atoms with Crippen LogP contribution in [0.2, 0.25) is 0 Å². The maximum Gasteiger partial charge on any atom is 0.199 e. The first-order valence-corrected chi connectivity index (χ1v) is 13.5. The maximum atomic E-state index is 14.3. The Hall–Kier alpha value is -5.08. The Balaban J connectivity index is 1.73. The van der Waals surface area contributed by atoms with Crippen LogP contribution in [0.15, 0.2) is 35.4 Å². The molecule has 13 nitrogen and oxygen atoms in total. The van der Waals surface area contributed by atoms with Gasteiger partial charge in [0.15, 0.2) is 23.1 Å². The molecule has 4 atom stereocenters. The Morgan fingerprint density at radius 2 is 1.27 bits per heavy atom. The van der Waals surface area contributed by atoms with Gasteiger partial charge in [-0.15, -0.1) is 0 Å². The summed E-state index contributed by atoms with van der Waals surface area (Å²) in [7, 11) is 2.43. The Labute approximate surface area is 253 Å². The molecule has 6 rings (SSSR count). The number of aromatic hydroxyl groups is 3. The lowest BCUT2D eigenvalue weighted by Gasteiger charge is -2.44. The number of ketones is 4. The molecule has 7 N–H and O–H groups in total. The van der Waals surface area contributed by atoms with E-state index in [2.05, 4.69) is 0 Å². The van der Waals surface area contributed by atoms with E-state index in [1.165, 1.54) is 26.2 Å². The minimum Gasteiger partial charge on any atom is -0.507 e. The van der Waals surface area contributed by atoms with Crippen molar-refractivity contribution in [3.05, 3.63) is 74.4 Å². The molecule has 3 aromatic carbocycles. The number of hydrogen-bond acceptors (Lipinski definition) is 13. The van der Waals surface area contributed by atoms with Gasteiger partial charge < -0.3 is 45.2 Å². The third kappa shape index (κ3) is 3.75. The summed E-state index contributed by atoms with van der Waals surface area (Å²) < 4.78 is 10.6. The molecule has 0 saturated heterocycles. The van der Waals surface area contributed by atoms with Crippen LogP contribution < -0.4 is 9.47 Å². The van der Waals surface area contributed by atoms with Gasteiger partial charge in [-0.1, -0.05) is 0 Å². The number of ether oxygens (including phenoxy) is 2. The molecule has 3 aliphatic rings. The highest BCUT2D eigenvalue weighted by molar-refractivity contribution is 6.35. The first-order valence-electron chi connectivity index (χ1n) is 13.5. The van der Waals surface area contributed by atoms with E-state index in [1.54, 1.807) is 0 Å². The number of Topliss-reactive ketones (excluding diaryl/α,β-unsaturated/α-hetero) is 2. The van der Waals surface area contributed by atoms with Gasteiger partial charge in [0, 0.05) is 56.7 Å². The van der Waals surface area contributed by atoms with Gasteiger partial charge in [-0.2, -0.15) is 0 Å². The van der Waals surface area contributed by atoms with E-state index in [0.29, 0.717) is 0 Å². The minimum absolute atomic E-state index is 0.0537. The van der Waals surface area contributed by atoms with Crippen molar-refractivity contribution in [1.82, 2.24) is 0 Å². The van der Waals surface area contributed by atoms with Crippen LogP contribution in [-0.4, -0.2) is 97.0 Å². The third-order valence-corrected chi connectivity index (χ3v) is 8.76. The highest BCUT2D eigenvalue weighted by atomic mass is 16.5. The first-order chi connectivity index (χ1) is 21.1. The second-order valence-electron chi connectivity index (χ2n) is 11.3. The summed E-state index contributed by atoms with van der Waals surface area (Å²) in [5.41, 5.74) is -7.61. The number of fused-ring (bicyclic) bond motifs is 3. The fourth-order valence-electron chi connectivity index (χ4n) is 6.39. The van der Waals surface area contributed by atoms with Crippen molar-refractivity contribution >= 4 is 23.1 Å². The number of phenolic OH excluding ortho intramolecular Hbond substituents is 3. The molecule has 0 aromatic heterocycles.